The normalized spacial score (nSPS) is 22.8. The summed E-state index contributed by atoms with van der Waals surface area (Å²) in [5.74, 6) is -3.45. The minimum Gasteiger partial charge on any atom is -0.543 e. The van der Waals surface area contributed by atoms with E-state index in [4.69, 9.17) is 0 Å². The van der Waals surface area contributed by atoms with Crippen molar-refractivity contribution >= 4 is 27.6 Å². The summed E-state index contributed by atoms with van der Waals surface area (Å²) in [5, 5.41) is 36.2. The van der Waals surface area contributed by atoms with E-state index in [1.165, 1.54) is 6.92 Å². The molecule has 0 saturated carbocycles. The first-order valence-electron chi connectivity index (χ1n) is 14.4. The molecule has 44 heavy (non-hydrogen) atoms. The second-order valence-electron chi connectivity index (χ2n) is 11.4. The Morgan fingerprint density at radius 1 is 1.18 bits per heavy atom. The van der Waals surface area contributed by atoms with Crippen molar-refractivity contribution in [2.45, 2.75) is 50.4 Å². The molecular formula is C31H33N5O7S. The van der Waals surface area contributed by atoms with Crippen LogP contribution in [0.3, 0.4) is 0 Å². The standard InChI is InChI=1S/C31H33N5O7S/c1-19-24(29(31(40)41)36-28(19)26(20(2)38)30(36)39)17-35-32-27(22-6-4-3-5-7-22)23-9-8-21(16-25(23)44(35,42)43)10-11-33-12-13-34(18-33)14-15-37/h3-9,12-13,16,18-20,26,28,37-38H,10-11,14-15,17H2,1-2H3/t19-,20+,26+,28+/m0/s1. The number of amides is 1. The molecule has 3 aromatic rings. The predicted molar refractivity (Wildman–Crippen MR) is 155 cm³/mol. The van der Waals surface area contributed by atoms with Crippen LogP contribution in [0.4, 0.5) is 0 Å². The van der Waals surface area contributed by atoms with Gasteiger partial charge in [-0.2, -0.15) is 17.9 Å². The molecule has 4 heterocycles. The van der Waals surface area contributed by atoms with Crippen LogP contribution >= 0.6 is 0 Å². The molecule has 1 aromatic heterocycles. The van der Waals surface area contributed by atoms with Crippen molar-refractivity contribution in [3.63, 3.8) is 0 Å². The number of nitrogens with zero attached hydrogens (tertiary/aromatic N) is 5. The summed E-state index contributed by atoms with van der Waals surface area (Å²) in [6.45, 7) is 3.88. The maximum Gasteiger partial charge on any atom is 0.280 e. The Labute approximate surface area is 254 Å². The monoisotopic (exact) mass is 619 g/mol. The molecule has 12 nitrogen and oxygen atoms in total. The van der Waals surface area contributed by atoms with Crippen LogP contribution in [0.2, 0.25) is 0 Å². The van der Waals surface area contributed by atoms with Crippen molar-refractivity contribution in [2.75, 3.05) is 13.2 Å². The number of β-lactam (4-membered cyclic amide) rings is 1. The average Bonchev–Trinajstić information content (AvgIpc) is 3.54. The van der Waals surface area contributed by atoms with Gasteiger partial charge in [0.15, 0.2) is 0 Å². The molecule has 0 radical (unpaired) electrons. The second kappa shape index (κ2) is 11.3. The molecule has 6 rings (SSSR count). The van der Waals surface area contributed by atoms with Crippen molar-refractivity contribution in [1.82, 2.24) is 13.9 Å². The Kier molecular flexibility index (Phi) is 7.64. The third kappa shape index (κ3) is 4.90. The number of carboxylic acid groups (broad SMARTS) is 1. The summed E-state index contributed by atoms with van der Waals surface area (Å²) in [4.78, 5) is 26.3. The van der Waals surface area contributed by atoms with Crippen LogP contribution in [0.25, 0.3) is 0 Å². The Hall–Kier alpha value is -4.33. The van der Waals surface area contributed by atoms with Gasteiger partial charge in [-0.25, -0.2) is 9.13 Å². The Balaban J connectivity index is 1.38. The van der Waals surface area contributed by atoms with Gasteiger partial charge < -0.3 is 25.0 Å². The molecule has 13 heteroatoms. The third-order valence-electron chi connectivity index (χ3n) is 8.69. The Morgan fingerprint density at radius 3 is 2.61 bits per heavy atom. The summed E-state index contributed by atoms with van der Waals surface area (Å²) < 4.78 is 33.0. The lowest BCUT2D eigenvalue weighted by atomic mass is 9.78. The van der Waals surface area contributed by atoms with E-state index in [1.54, 1.807) is 19.1 Å². The van der Waals surface area contributed by atoms with Crippen LogP contribution in [0.5, 0.6) is 0 Å². The molecule has 3 aliphatic heterocycles. The first-order chi connectivity index (χ1) is 21.0. The number of imidazole rings is 1. The number of sulfonamides is 1. The van der Waals surface area contributed by atoms with Crippen molar-refractivity contribution in [3.05, 3.63) is 95.2 Å². The molecule has 1 saturated heterocycles. The van der Waals surface area contributed by atoms with E-state index >= 15 is 0 Å². The molecular weight excluding hydrogens is 586 g/mol. The quantitative estimate of drug-likeness (QED) is 0.231. The number of aryl methyl sites for hydroxylation is 2. The smallest absolute Gasteiger partial charge is 0.280 e. The number of carbonyl (C=O) groups excluding carboxylic acids is 2. The van der Waals surface area contributed by atoms with Crippen LogP contribution in [0.1, 0.15) is 30.5 Å². The lowest BCUT2D eigenvalue weighted by molar-refractivity contribution is -0.697. The number of hydrogen-bond donors (Lipinski definition) is 2. The first-order valence-corrected chi connectivity index (χ1v) is 15.9. The molecule has 0 bridgehead atoms. The zero-order valence-corrected chi connectivity index (χ0v) is 25.1. The number of aliphatic hydroxyl groups is 2. The fourth-order valence-electron chi connectivity index (χ4n) is 6.46. The van der Waals surface area contributed by atoms with Crippen LogP contribution in [0, 0.1) is 11.8 Å². The van der Waals surface area contributed by atoms with E-state index in [-0.39, 0.29) is 22.8 Å². The maximum atomic E-state index is 14.1. The Morgan fingerprint density at radius 2 is 1.93 bits per heavy atom. The highest BCUT2D eigenvalue weighted by atomic mass is 32.2. The van der Waals surface area contributed by atoms with Crippen molar-refractivity contribution in [2.24, 2.45) is 16.9 Å². The number of hydrazone groups is 1. The maximum absolute atomic E-state index is 14.1. The topological polar surface area (TPSA) is 159 Å². The van der Waals surface area contributed by atoms with E-state index in [2.05, 4.69) is 5.10 Å². The van der Waals surface area contributed by atoms with E-state index in [0.717, 1.165) is 14.9 Å². The second-order valence-corrected chi connectivity index (χ2v) is 13.2. The first kappa shape index (κ1) is 29.7. The molecule has 0 unspecified atom stereocenters. The third-order valence-corrected chi connectivity index (χ3v) is 10.4. The van der Waals surface area contributed by atoms with Gasteiger partial charge in [-0.3, -0.25) is 4.79 Å². The van der Waals surface area contributed by atoms with Crippen molar-refractivity contribution in [3.8, 4) is 0 Å². The molecule has 0 spiro atoms. The zero-order valence-electron chi connectivity index (χ0n) is 24.3. The van der Waals surface area contributed by atoms with Gasteiger partial charge in [-0.05, 0) is 24.1 Å². The fraction of sp³-hybridized carbons (Fsp3) is 0.355. The van der Waals surface area contributed by atoms with Gasteiger partial charge in [0.05, 0.1) is 54.3 Å². The van der Waals surface area contributed by atoms with Crippen LogP contribution in [0.15, 0.2) is 88.5 Å². The summed E-state index contributed by atoms with van der Waals surface area (Å²) in [7, 11) is -4.24. The number of aliphatic carboxylic acids is 1. The molecule has 2 N–H and O–H groups in total. The summed E-state index contributed by atoms with van der Waals surface area (Å²) in [6, 6.07) is 13.8. The SMILES string of the molecule is C[C@@H](O)[C@H]1C(=O)N2C(C(=O)[O-])=C(CN3N=C(c4ccccc4)c4ccc(CCn5cc[n+](CCO)c5)cc4S3(=O)=O)[C@H](C)[C@H]12. The van der Waals surface area contributed by atoms with Gasteiger partial charge in [0.25, 0.3) is 10.0 Å². The van der Waals surface area contributed by atoms with Gasteiger partial charge >= 0.3 is 0 Å². The molecule has 1 fully saturated rings. The zero-order chi connectivity index (χ0) is 31.3. The highest BCUT2D eigenvalue weighted by Crippen LogP contribution is 2.47. The average molecular weight is 620 g/mol. The summed E-state index contributed by atoms with van der Waals surface area (Å²) in [6.07, 6.45) is 5.15. The molecule has 2 aromatic carbocycles. The number of rotatable bonds is 10. The lowest BCUT2D eigenvalue weighted by Crippen LogP contribution is -2.64. The van der Waals surface area contributed by atoms with E-state index in [9.17, 15) is 33.3 Å². The molecule has 0 aliphatic carbocycles. The number of carboxylic acids is 1. The van der Waals surface area contributed by atoms with Gasteiger partial charge in [0, 0.05) is 23.5 Å². The van der Waals surface area contributed by atoms with E-state index < -0.39 is 52.4 Å². The molecule has 3 aliphatic rings. The van der Waals surface area contributed by atoms with E-state index in [1.807, 2.05) is 64.3 Å². The van der Waals surface area contributed by atoms with Crippen LogP contribution in [-0.4, -0.2) is 75.4 Å². The molecule has 230 valence electrons. The van der Waals surface area contributed by atoms with Crippen LogP contribution in [-0.2, 0) is 39.1 Å². The minimum atomic E-state index is -4.24. The minimum absolute atomic E-state index is 0.0233. The summed E-state index contributed by atoms with van der Waals surface area (Å²) >= 11 is 0. The van der Waals surface area contributed by atoms with Gasteiger partial charge in [0.1, 0.15) is 24.7 Å². The number of carbonyl (C=O) groups is 2. The number of benzene rings is 2. The van der Waals surface area contributed by atoms with Gasteiger partial charge in [-0.15, -0.1) is 0 Å². The number of aromatic nitrogens is 2. The molecule has 4 atom stereocenters. The van der Waals surface area contributed by atoms with E-state index in [0.29, 0.717) is 36.3 Å². The van der Waals surface area contributed by atoms with Gasteiger partial charge in [0.2, 0.25) is 12.2 Å². The number of fused-ring (bicyclic) bond motifs is 2. The summed E-state index contributed by atoms with van der Waals surface area (Å²) in [5.41, 5.74) is 2.15. The predicted octanol–water partition coefficient (Wildman–Crippen LogP) is -0.371. The lowest BCUT2D eigenvalue weighted by Gasteiger charge is -2.47. The van der Waals surface area contributed by atoms with Gasteiger partial charge in [-0.1, -0.05) is 49.4 Å². The number of hydrogen-bond acceptors (Lipinski definition) is 8. The largest absolute Gasteiger partial charge is 0.543 e. The highest BCUT2D eigenvalue weighted by Gasteiger charge is 2.59. The highest BCUT2D eigenvalue weighted by molar-refractivity contribution is 7.89. The Bertz CT molecular complexity index is 1800. The van der Waals surface area contributed by atoms with Crippen LogP contribution < -0.4 is 9.67 Å². The fourth-order valence-corrected chi connectivity index (χ4v) is 7.93. The van der Waals surface area contributed by atoms with Crippen molar-refractivity contribution < 1.29 is 37.9 Å². The molecule has 1 amide bonds. The van der Waals surface area contributed by atoms with Crippen molar-refractivity contribution in [1.29, 1.82) is 0 Å². The number of aliphatic hydroxyl groups excluding tert-OH is 2.